The van der Waals surface area contributed by atoms with Crippen molar-refractivity contribution in [2.75, 3.05) is 0 Å². The monoisotopic (exact) mass is 155 g/mol. The lowest BCUT2D eigenvalue weighted by atomic mass is 9.94. The summed E-state index contributed by atoms with van der Waals surface area (Å²) in [5.41, 5.74) is 5.15. The molecule has 0 aliphatic heterocycles. The Morgan fingerprint density at radius 3 is 2.55 bits per heavy atom. The summed E-state index contributed by atoms with van der Waals surface area (Å²) >= 11 is 0. The second kappa shape index (κ2) is 4.38. The lowest BCUT2D eigenvalue weighted by Crippen LogP contribution is -2.44. The van der Waals surface area contributed by atoms with Crippen LogP contribution in [0.5, 0.6) is 0 Å². The number of rotatable bonds is 4. The Bertz CT molecular complexity index is 141. The van der Waals surface area contributed by atoms with Gasteiger partial charge in [-0.2, -0.15) is 0 Å². The SMILES string of the molecule is C#CCCCC(O)C(C)(C)N. The zero-order chi connectivity index (χ0) is 8.91. The van der Waals surface area contributed by atoms with Crippen molar-refractivity contribution in [1.82, 2.24) is 0 Å². The molecule has 0 amide bonds. The maximum absolute atomic E-state index is 9.42. The van der Waals surface area contributed by atoms with Crippen molar-refractivity contribution in [2.45, 2.75) is 44.8 Å². The van der Waals surface area contributed by atoms with Crippen molar-refractivity contribution in [3.8, 4) is 12.3 Å². The van der Waals surface area contributed by atoms with Crippen molar-refractivity contribution in [3.05, 3.63) is 0 Å². The summed E-state index contributed by atoms with van der Waals surface area (Å²) in [6.45, 7) is 3.63. The molecular formula is C9H17NO. The number of terminal acetylenes is 1. The third-order valence-electron chi connectivity index (χ3n) is 1.66. The van der Waals surface area contributed by atoms with E-state index in [-0.39, 0.29) is 0 Å². The van der Waals surface area contributed by atoms with Gasteiger partial charge in [-0.15, -0.1) is 12.3 Å². The normalized spacial score (nSPS) is 14.1. The van der Waals surface area contributed by atoms with Crippen LogP contribution in [0.4, 0.5) is 0 Å². The Hall–Kier alpha value is -0.520. The summed E-state index contributed by atoms with van der Waals surface area (Å²) < 4.78 is 0. The molecule has 0 aliphatic carbocycles. The van der Waals surface area contributed by atoms with Crippen molar-refractivity contribution >= 4 is 0 Å². The lowest BCUT2D eigenvalue weighted by Gasteiger charge is -2.25. The molecule has 0 saturated heterocycles. The van der Waals surface area contributed by atoms with Crippen LogP contribution >= 0.6 is 0 Å². The predicted octanol–water partition coefficient (Wildman–Crippen LogP) is 0.888. The van der Waals surface area contributed by atoms with Crippen LogP contribution in [0, 0.1) is 12.3 Å². The molecule has 0 fully saturated rings. The summed E-state index contributed by atoms with van der Waals surface area (Å²) in [6, 6.07) is 0. The number of aliphatic hydroxyl groups excluding tert-OH is 1. The molecule has 1 atom stereocenters. The van der Waals surface area contributed by atoms with E-state index in [2.05, 4.69) is 5.92 Å². The summed E-state index contributed by atoms with van der Waals surface area (Å²) in [5, 5.41) is 9.42. The average Bonchev–Trinajstić information content (AvgIpc) is 1.86. The number of unbranched alkanes of at least 4 members (excludes halogenated alkanes) is 1. The molecule has 64 valence electrons. The highest BCUT2D eigenvalue weighted by Crippen LogP contribution is 2.11. The Morgan fingerprint density at radius 2 is 2.18 bits per heavy atom. The Kier molecular flexibility index (Phi) is 4.17. The molecule has 2 heteroatoms. The van der Waals surface area contributed by atoms with E-state index in [1.54, 1.807) is 0 Å². The fourth-order valence-corrected chi connectivity index (χ4v) is 0.769. The summed E-state index contributed by atoms with van der Waals surface area (Å²) in [6.07, 6.45) is 6.86. The molecule has 0 heterocycles. The van der Waals surface area contributed by atoms with Crippen LogP contribution in [-0.4, -0.2) is 16.7 Å². The van der Waals surface area contributed by atoms with E-state index in [9.17, 15) is 5.11 Å². The molecule has 0 rings (SSSR count). The summed E-state index contributed by atoms with van der Waals surface area (Å²) in [4.78, 5) is 0. The zero-order valence-electron chi connectivity index (χ0n) is 7.30. The Labute approximate surface area is 68.8 Å². The summed E-state index contributed by atoms with van der Waals surface area (Å²) in [5.74, 6) is 2.52. The first-order valence-electron chi connectivity index (χ1n) is 3.89. The molecule has 2 nitrogen and oxygen atoms in total. The number of nitrogens with two attached hydrogens (primary N) is 1. The maximum Gasteiger partial charge on any atom is 0.0714 e. The van der Waals surface area contributed by atoms with Gasteiger partial charge in [-0.3, -0.25) is 0 Å². The zero-order valence-corrected chi connectivity index (χ0v) is 7.30. The van der Waals surface area contributed by atoms with Crippen molar-refractivity contribution in [1.29, 1.82) is 0 Å². The van der Waals surface area contributed by atoms with Crippen molar-refractivity contribution in [3.63, 3.8) is 0 Å². The topological polar surface area (TPSA) is 46.2 Å². The van der Waals surface area contributed by atoms with Crippen molar-refractivity contribution in [2.24, 2.45) is 5.73 Å². The van der Waals surface area contributed by atoms with Gasteiger partial charge in [0.05, 0.1) is 6.10 Å². The molecule has 0 aromatic rings. The van der Waals surface area contributed by atoms with Crippen LogP contribution in [0.2, 0.25) is 0 Å². The van der Waals surface area contributed by atoms with Gasteiger partial charge in [0, 0.05) is 12.0 Å². The fraction of sp³-hybridized carbons (Fsp3) is 0.778. The minimum Gasteiger partial charge on any atom is -0.391 e. The van der Waals surface area contributed by atoms with Gasteiger partial charge in [-0.05, 0) is 26.7 Å². The average molecular weight is 155 g/mol. The third kappa shape index (κ3) is 4.83. The molecular weight excluding hydrogens is 138 g/mol. The lowest BCUT2D eigenvalue weighted by molar-refractivity contribution is 0.0937. The van der Waals surface area contributed by atoms with Gasteiger partial charge in [-0.1, -0.05) is 0 Å². The maximum atomic E-state index is 9.42. The van der Waals surface area contributed by atoms with E-state index in [1.165, 1.54) is 0 Å². The number of hydrogen-bond acceptors (Lipinski definition) is 2. The van der Waals surface area contributed by atoms with Gasteiger partial charge in [0.15, 0.2) is 0 Å². The molecule has 0 radical (unpaired) electrons. The molecule has 0 spiro atoms. The standard InChI is InChI=1S/C9H17NO/c1-4-5-6-7-8(11)9(2,3)10/h1,8,11H,5-7,10H2,2-3H3. The van der Waals surface area contributed by atoms with Gasteiger partial charge < -0.3 is 10.8 Å². The van der Waals surface area contributed by atoms with Crippen LogP contribution in [0.25, 0.3) is 0 Å². The van der Waals surface area contributed by atoms with Crippen LogP contribution in [0.1, 0.15) is 33.1 Å². The van der Waals surface area contributed by atoms with Crippen LogP contribution in [-0.2, 0) is 0 Å². The molecule has 3 N–H and O–H groups in total. The van der Waals surface area contributed by atoms with E-state index in [0.717, 1.165) is 6.42 Å². The third-order valence-corrected chi connectivity index (χ3v) is 1.66. The van der Waals surface area contributed by atoms with E-state index in [0.29, 0.717) is 12.8 Å². The van der Waals surface area contributed by atoms with Crippen LogP contribution < -0.4 is 5.73 Å². The van der Waals surface area contributed by atoms with Gasteiger partial charge in [0.1, 0.15) is 0 Å². The smallest absolute Gasteiger partial charge is 0.0714 e. The highest BCUT2D eigenvalue weighted by Gasteiger charge is 2.21. The minimum atomic E-state index is -0.505. The largest absolute Gasteiger partial charge is 0.391 e. The van der Waals surface area contributed by atoms with Crippen molar-refractivity contribution < 1.29 is 5.11 Å². The minimum absolute atomic E-state index is 0.448. The highest BCUT2D eigenvalue weighted by atomic mass is 16.3. The first-order chi connectivity index (χ1) is 4.98. The second-order valence-electron chi connectivity index (χ2n) is 3.43. The Morgan fingerprint density at radius 1 is 1.64 bits per heavy atom. The van der Waals surface area contributed by atoms with Gasteiger partial charge in [-0.25, -0.2) is 0 Å². The number of aliphatic hydroxyl groups is 1. The highest BCUT2D eigenvalue weighted by molar-refractivity contribution is 4.86. The Balaban J connectivity index is 3.55. The quantitative estimate of drug-likeness (QED) is 0.468. The molecule has 0 aromatic carbocycles. The summed E-state index contributed by atoms with van der Waals surface area (Å²) in [7, 11) is 0. The van der Waals surface area contributed by atoms with Gasteiger partial charge in [0.2, 0.25) is 0 Å². The first-order valence-corrected chi connectivity index (χ1v) is 3.89. The fourth-order valence-electron chi connectivity index (χ4n) is 0.769. The van der Waals surface area contributed by atoms with Crippen LogP contribution in [0.3, 0.4) is 0 Å². The van der Waals surface area contributed by atoms with Gasteiger partial charge >= 0.3 is 0 Å². The van der Waals surface area contributed by atoms with E-state index >= 15 is 0 Å². The molecule has 0 aromatic heterocycles. The van der Waals surface area contributed by atoms with Crippen LogP contribution in [0.15, 0.2) is 0 Å². The predicted molar refractivity (Wildman–Crippen MR) is 47.0 cm³/mol. The number of hydrogen-bond donors (Lipinski definition) is 2. The molecule has 0 bridgehead atoms. The van der Waals surface area contributed by atoms with E-state index in [1.807, 2.05) is 13.8 Å². The van der Waals surface area contributed by atoms with E-state index in [4.69, 9.17) is 12.2 Å². The first kappa shape index (κ1) is 10.5. The molecule has 11 heavy (non-hydrogen) atoms. The molecule has 0 saturated carbocycles. The molecule has 1 unspecified atom stereocenters. The second-order valence-corrected chi connectivity index (χ2v) is 3.43. The van der Waals surface area contributed by atoms with E-state index < -0.39 is 11.6 Å². The van der Waals surface area contributed by atoms with Gasteiger partial charge in [0.25, 0.3) is 0 Å². The molecule has 0 aliphatic rings.